The van der Waals surface area contributed by atoms with Gasteiger partial charge < -0.3 is 5.32 Å². The first-order valence-electron chi connectivity index (χ1n) is 7.33. The Kier molecular flexibility index (Phi) is 4.90. The van der Waals surface area contributed by atoms with Gasteiger partial charge in [0.25, 0.3) is 0 Å². The van der Waals surface area contributed by atoms with E-state index in [1.807, 2.05) is 0 Å². The third-order valence-corrected chi connectivity index (χ3v) is 3.66. The number of halogens is 2. The zero-order valence-electron chi connectivity index (χ0n) is 12.9. The predicted molar refractivity (Wildman–Crippen MR) is 88.9 cm³/mol. The van der Waals surface area contributed by atoms with Crippen LogP contribution in [0.4, 0.5) is 4.39 Å². The SMILES string of the molecule is O=C(Cn1nnn(-c2ccc(F)cc2)c1=O)NCc1ccc(Cl)cc1. The maximum atomic E-state index is 12.9. The number of hydrogen-bond donors (Lipinski definition) is 1. The lowest BCUT2D eigenvalue weighted by Crippen LogP contribution is -2.33. The number of nitrogens with zero attached hydrogens (tertiary/aromatic N) is 4. The first-order chi connectivity index (χ1) is 12.0. The quantitative estimate of drug-likeness (QED) is 0.747. The normalized spacial score (nSPS) is 10.6. The van der Waals surface area contributed by atoms with Crippen LogP contribution >= 0.6 is 11.6 Å². The van der Waals surface area contributed by atoms with E-state index in [0.717, 1.165) is 14.9 Å². The van der Waals surface area contributed by atoms with Crippen LogP contribution in [0.5, 0.6) is 0 Å². The number of rotatable bonds is 5. The van der Waals surface area contributed by atoms with Gasteiger partial charge >= 0.3 is 5.69 Å². The highest BCUT2D eigenvalue weighted by atomic mass is 35.5. The molecule has 0 fully saturated rings. The van der Waals surface area contributed by atoms with Crippen LogP contribution in [0.25, 0.3) is 5.69 Å². The van der Waals surface area contributed by atoms with Crippen molar-refractivity contribution < 1.29 is 9.18 Å². The third-order valence-electron chi connectivity index (χ3n) is 3.41. The number of aromatic nitrogens is 4. The van der Waals surface area contributed by atoms with Gasteiger partial charge in [0.1, 0.15) is 12.4 Å². The summed E-state index contributed by atoms with van der Waals surface area (Å²) in [5.41, 5.74) is 0.646. The van der Waals surface area contributed by atoms with Gasteiger partial charge in [0.2, 0.25) is 5.91 Å². The van der Waals surface area contributed by atoms with Gasteiger partial charge in [-0.2, -0.15) is 9.36 Å². The molecular formula is C16H13ClFN5O2. The number of hydrogen-bond acceptors (Lipinski definition) is 4. The molecule has 0 bridgehead atoms. The van der Waals surface area contributed by atoms with Gasteiger partial charge in [0.05, 0.1) is 5.69 Å². The van der Waals surface area contributed by atoms with Gasteiger partial charge in [-0.1, -0.05) is 23.7 Å². The summed E-state index contributed by atoms with van der Waals surface area (Å²) in [6, 6.07) is 12.2. The molecule has 3 aromatic rings. The summed E-state index contributed by atoms with van der Waals surface area (Å²) in [6.45, 7) is 0.0322. The van der Waals surface area contributed by atoms with Crippen molar-refractivity contribution in [1.82, 2.24) is 25.1 Å². The summed E-state index contributed by atoms with van der Waals surface area (Å²) in [7, 11) is 0. The molecule has 1 N–H and O–H groups in total. The van der Waals surface area contributed by atoms with Crippen molar-refractivity contribution in [3.63, 3.8) is 0 Å². The van der Waals surface area contributed by atoms with Crippen LogP contribution in [0.3, 0.4) is 0 Å². The van der Waals surface area contributed by atoms with Gasteiger partial charge in [-0.25, -0.2) is 9.18 Å². The lowest BCUT2D eigenvalue weighted by atomic mass is 10.2. The summed E-state index contributed by atoms with van der Waals surface area (Å²) in [5, 5.41) is 10.7. The first kappa shape index (κ1) is 16.8. The van der Waals surface area contributed by atoms with Crippen LogP contribution in [-0.2, 0) is 17.9 Å². The summed E-state index contributed by atoms with van der Waals surface area (Å²) < 4.78 is 14.9. The van der Waals surface area contributed by atoms with Crippen LogP contribution in [0, 0.1) is 5.82 Å². The van der Waals surface area contributed by atoms with Crippen molar-refractivity contribution in [1.29, 1.82) is 0 Å². The number of carbonyl (C=O) groups is 1. The first-order valence-corrected chi connectivity index (χ1v) is 7.70. The van der Waals surface area contributed by atoms with Crippen molar-refractivity contribution in [3.8, 4) is 5.69 Å². The molecule has 1 amide bonds. The van der Waals surface area contributed by atoms with E-state index in [-0.39, 0.29) is 12.5 Å². The Hall–Kier alpha value is -3.00. The van der Waals surface area contributed by atoms with Crippen molar-refractivity contribution >= 4 is 17.5 Å². The van der Waals surface area contributed by atoms with Crippen molar-refractivity contribution in [2.45, 2.75) is 13.1 Å². The molecule has 0 atom stereocenters. The number of nitrogens with one attached hydrogen (secondary N) is 1. The zero-order valence-corrected chi connectivity index (χ0v) is 13.7. The Labute approximate surface area is 146 Å². The molecule has 128 valence electrons. The second kappa shape index (κ2) is 7.27. The molecule has 0 saturated carbocycles. The summed E-state index contributed by atoms with van der Waals surface area (Å²) >= 11 is 5.80. The largest absolute Gasteiger partial charge is 0.368 e. The Balaban J connectivity index is 1.65. The highest BCUT2D eigenvalue weighted by molar-refractivity contribution is 6.30. The Morgan fingerprint density at radius 2 is 1.76 bits per heavy atom. The number of benzene rings is 2. The Morgan fingerprint density at radius 3 is 2.44 bits per heavy atom. The fourth-order valence-corrected chi connectivity index (χ4v) is 2.24. The molecule has 0 aliphatic carbocycles. The zero-order chi connectivity index (χ0) is 17.8. The van der Waals surface area contributed by atoms with E-state index in [1.165, 1.54) is 24.3 Å². The van der Waals surface area contributed by atoms with Crippen LogP contribution in [0.15, 0.2) is 53.3 Å². The van der Waals surface area contributed by atoms with Crippen LogP contribution in [0.2, 0.25) is 5.02 Å². The van der Waals surface area contributed by atoms with E-state index in [0.29, 0.717) is 17.3 Å². The molecule has 3 rings (SSSR count). The summed E-state index contributed by atoms with van der Waals surface area (Å²) in [4.78, 5) is 24.2. The molecular weight excluding hydrogens is 349 g/mol. The molecule has 0 spiro atoms. The molecule has 0 radical (unpaired) electrons. The highest BCUT2D eigenvalue weighted by Gasteiger charge is 2.12. The number of amides is 1. The van der Waals surface area contributed by atoms with E-state index < -0.39 is 11.5 Å². The molecule has 9 heteroatoms. The molecule has 0 unspecified atom stereocenters. The second-order valence-corrected chi connectivity index (χ2v) is 5.65. The molecule has 7 nitrogen and oxygen atoms in total. The van der Waals surface area contributed by atoms with Crippen LogP contribution in [0.1, 0.15) is 5.56 Å². The molecule has 25 heavy (non-hydrogen) atoms. The minimum atomic E-state index is -0.590. The predicted octanol–water partition coefficient (Wildman–Crippen LogP) is 1.54. The third kappa shape index (κ3) is 4.10. The van der Waals surface area contributed by atoms with E-state index in [1.54, 1.807) is 24.3 Å². The van der Waals surface area contributed by atoms with Gasteiger partial charge in [0, 0.05) is 11.6 Å². The molecule has 1 aromatic heterocycles. The lowest BCUT2D eigenvalue weighted by Gasteiger charge is -2.04. The maximum absolute atomic E-state index is 12.9. The number of carbonyl (C=O) groups excluding carboxylic acids is 1. The average Bonchev–Trinajstić information content (AvgIpc) is 2.96. The summed E-state index contributed by atoms with van der Waals surface area (Å²) in [5.74, 6) is -0.811. The van der Waals surface area contributed by atoms with Gasteiger partial charge in [-0.15, -0.1) is 0 Å². The molecule has 0 aliphatic rings. The smallest absolute Gasteiger partial charge is 0.350 e. The van der Waals surface area contributed by atoms with E-state index in [2.05, 4.69) is 15.7 Å². The van der Waals surface area contributed by atoms with Crippen molar-refractivity contribution in [2.24, 2.45) is 0 Å². The topological polar surface area (TPSA) is 81.8 Å². The van der Waals surface area contributed by atoms with Crippen molar-refractivity contribution in [2.75, 3.05) is 0 Å². The fourth-order valence-electron chi connectivity index (χ4n) is 2.11. The maximum Gasteiger partial charge on any atom is 0.368 e. The monoisotopic (exact) mass is 361 g/mol. The van der Waals surface area contributed by atoms with E-state index in [4.69, 9.17) is 11.6 Å². The van der Waals surface area contributed by atoms with Crippen LogP contribution in [-0.4, -0.2) is 25.7 Å². The molecule has 0 saturated heterocycles. The minimum absolute atomic E-state index is 0.270. The summed E-state index contributed by atoms with van der Waals surface area (Å²) in [6.07, 6.45) is 0. The van der Waals surface area contributed by atoms with Gasteiger partial charge in [-0.3, -0.25) is 4.79 Å². The second-order valence-electron chi connectivity index (χ2n) is 5.21. The standard InChI is InChI=1S/C16H13ClFN5O2/c17-12-3-1-11(2-4-12)9-19-15(24)10-22-16(25)23(21-20-22)14-7-5-13(18)6-8-14/h1-8H,9-10H2,(H,19,24). The minimum Gasteiger partial charge on any atom is -0.350 e. The Bertz CT molecular complexity index is 934. The fraction of sp³-hybridized carbons (Fsp3) is 0.125. The highest BCUT2D eigenvalue weighted by Crippen LogP contribution is 2.09. The van der Waals surface area contributed by atoms with E-state index >= 15 is 0 Å². The Morgan fingerprint density at radius 1 is 1.08 bits per heavy atom. The molecule has 1 heterocycles. The average molecular weight is 362 g/mol. The molecule has 0 aliphatic heterocycles. The van der Waals surface area contributed by atoms with Crippen molar-refractivity contribution in [3.05, 3.63) is 75.4 Å². The van der Waals surface area contributed by atoms with Gasteiger partial charge in [0.15, 0.2) is 0 Å². The van der Waals surface area contributed by atoms with Crippen LogP contribution < -0.4 is 11.0 Å². The molecule has 2 aromatic carbocycles. The number of tetrazole rings is 1. The van der Waals surface area contributed by atoms with E-state index in [9.17, 15) is 14.0 Å². The van der Waals surface area contributed by atoms with Gasteiger partial charge in [-0.05, 0) is 52.4 Å². The lowest BCUT2D eigenvalue weighted by molar-refractivity contribution is -0.122.